The summed E-state index contributed by atoms with van der Waals surface area (Å²) >= 11 is 0. The number of nitrogens with zero attached hydrogens (tertiary/aromatic N) is 1. The van der Waals surface area contributed by atoms with Gasteiger partial charge in [0, 0.05) is 5.56 Å². The number of likely N-dealkylation sites (tertiary alicyclic amines) is 1. The van der Waals surface area contributed by atoms with Crippen LogP contribution in [0.1, 0.15) is 46.8 Å². The molecule has 0 bridgehead atoms. The largest absolute Gasteiger partial charge is 0.507 e. The SMILES string of the molecule is Cc1cc(C(=O)C(C)N2CCC(Cc3ccc(F)cc3)CC2)cc(C)c1O. The van der Waals surface area contributed by atoms with Gasteiger partial charge < -0.3 is 5.11 Å². The third kappa shape index (κ3) is 4.56. The summed E-state index contributed by atoms with van der Waals surface area (Å²) in [5.41, 5.74) is 3.32. The lowest BCUT2D eigenvalue weighted by Gasteiger charge is -2.35. The Morgan fingerprint density at radius 3 is 2.26 bits per heavy atom. The first-order chi connectivity index (χ1) is 12.8. The summed E-state index contributed by atoms with van der Waals surface area (Å²) in [6, 6.07) is 10.2. The third-order valence-corrected chi connectivity index (χ3v) is 5.79. The van der Waals surface area contributed by atoms with Crippen molar-refractivity contribution in [1.82, 2.24) is 4.90 Å². The van der Waals surface area contributed by atoms with Gasteiger partial charge in [0.15, 0.2) is 5.78 Å². The Labute approximate surface area is 160 Å². The second kappa shape index (κ2) is 8.22. The number of aryl methyl sites for hydroxylation is 2. The highest BCUT2D eigenvalue weighted by molar-refractivity contribution is 6.00. The zero-order valence-electron chi connectivity index (χ0n) is 16.3. The van der Waals surface area contributed by atoms with Crippen LogP contribution in [0.15, 0.2) is 36.4 Å². The fraction of sp³-hybridized carbons (Fsp3) is 0.435. The van der Waals surface area contributed by atoms with Crippen molar-refractivity contribution in [2.45, 2.75) is 46.1 Å². The minimum atomic E-state index is -0.194. The lowest BCUT2D eigenvalue weighted by molar-refractivity contribution is 0.0771. The normalized spacial score (nSPS) is 17.0. The van der Waals surface area contributed by atoms with Gasteiger partial charge in [-0.1, -0.05) is 12.1 Å². The molecule has 0 saturated carbocycles. The number of Topliss-reactive ketones (excluding diaryl/α,β-unsaturated/α-hetero) is 1. The number of phenols is 1. The van der Waals surface area contributed by atoms with Crippen molar-refractivity contribution < 1.29 is 14.3 Å². The molecule has 1 saturated heterocycles. The quantitative estimate of drug-likeness (QED) is 0.779. The van der Waals surface area contributed by atoms with E-state index in [4.69, 9.17) is 0 Å². The molecule has 27 heavy (non-hydrogen) atoms. The fourth-order valence-electron chi connectivity index (χ4n) is 4.00. The molecule has 3 rings (SSSR count). The van der Waals surface area contributed by atoms with Crippen LogP contribution in [-0.2, 0) is 6.42 Å². The van der Waals surface area contributed by atoms with Crippen molar-refractivity contribution in [1.29, 1.82) is 0 Å². The molecule has 1 atom stereocenters. The van der Waals surface area contributed by atoms with E-state index < -0.39 is 0 Å². The summed E-state index contributed by atoms with van der Waals surface area (Å²) in [4.78, 5) is 15.2. The van der Waals surface area contributed by atoms with Gasteiger partial charge in [-0.05, 0) is 100.0 Å². The van der Waals surface area contributed by atoms with Crippen LogP contribution < -0.4 is 0 Å². The van der Waals surface area contributed by atoms with E-state index >= 15 is 0 Å². The maximum Gasteiger partial charge on any atom is 0.179 e. The van der Waals surface area contributed by atoms with Gasteiger partial charge in [0.1, 0.15) is 11.6 Å². The molecule has 0 radical (unpaired) electrons. The molecule has 1 fully saturated rings. The van der Waals surface area contributed by atoms with E-state index in [-0.39, 0.29) is 23.4 Å². The zero-order chi connectivity index (χ0) is 19.6. The average Bonchev–Trinajstić information content (AvgIpc) is 2.67. The molecule has 1 aliphatic heterocycles. The second-order valence-electron chi connectivity index (χ2n) is 7.81. The lowest BCUT2D eigenvalue weighted by Crippen LogP contribution is -2.44. The molecule has 2 aromatic rings. The number of piperidine rings is 1. The summed E-state index contributed by atoms with van der Waals surface area (Å²) in [6.07, 6.45) is 3.05. The topological polar surface area (TPSA) is 40.5 Å². The predicted molar refractivity (Wildman–Crippen MR) is 106 cm³/mol. The number of hydrogen-bond acceptors (Lipinski definition) is 3. The van der Waals surface area contributed by atoms with Crippen molar-refractivity contribution in [3.8, 4) is 5.75 Å². The van der Waals surface area contributed by atoms with Gasteiger partial charge in [-0.25, -0.2) is 4.39 Å². The fourth-order valence-corrected chi connectivity index (χ4v) is 4.00. The van der Waals surface area contributed by atoms with E-state index in [0.717, 1.165) is 43.5 Å². The van der Waals surface area contributed by atoms with Crippen molar-refractivity contribution >= 4 is 5.78 Å². The zero-order valence-corrected chi connectivity index (χ0v) is 16.3. The summed E-state index contributed by atoms with van der Waals surface area (Å²) < 4.78 is 13.0. The van der Waals surface area contributed by atoms with E-state index in [0.29, 0.717) is 11.5 Å². The highest BCUT2D eigenvalue weighted by Gasteiger charge is 2.27. The summed E-state index contributed by atoms with van der Waals surface area (Å²) in [6.45, 7) is 7.42. The van der Waals surface area contributed by atoms with Crippen molar-refractivity contribution in [2.75, 3.05) is 13.1 Å². The van der Waals surface area contributed by atoms with Crippen LogP contribution in [0.5, 0.6) is 5.75 Å². The number of aromatic hydroxyl groups is 1. The Morgan fingerprint density at radius 2 is 1.70 bits per heavy atom. The predicted octanol–water partition coefficient (Wildman–Crippen LogP) is 4.67. The van der Waals surface area contributed by atoms with Gasteiger partial charge in [0.25, 0.3) is 0 Å². The van der Waals surface area contributed by atoms with Gasteiger partial charge in [-0.2, -0.15) is 0 Å². The molecule has 144 valence electrons. The van der Waals surface area contributed by atoms with Gasteiger partial charge >= 0.3 is 0 Å². The highest BCUT2D eigenvalue weighted by atomic mass is 19.1. The molecule has 0 aromatic heterocycles. The summed E-state index contributed by atoms with van der Waals surface area (Å²) in [5, 5.41) is 9.92. The van der Waals surface area contributed by atoms with Crippen LogP contribution in [0.3, 0.4) is 0 Å². The molecule has 1 heterocycles. The smallest absolute Gasteiger partial charge is 0.179 e. The van der Waals surface area contributed by atoms with Crippen molar-refractivity contribution in [3.05, 3.63) is 64.5 Å². The second-order valence-corrected chi connectivity index (χ2v) is 7.81. The third-order valence-electron chi connectivity index (χ3n) is 5.79. The molecular formula is C23H28FNO2. The Balaban J connectivity index is 1.58. The Bertz CT molecular complexity index is 785. The van der Waals surface area contributed by atoms with Gasteiger partial charge in [0.2, 0.25) is 0 Å². The van der Waals surface area contributed by atoms with E-state index in [1.807, 2.05) is 32.9 Å². The van der Waals surface area contributed by atoms with E-state index in [1.54, 1.807) is 12.1 Å². The van der Waals surface area contributed by atoms with Crippen LogP contribution in [0.4, 0.5) is 4.39 Å². The number of carbonyl (C=O) groups is 1. The van der Waals surface area contributed by atoms with Crippen LogP contribution in [-0.4, -0.2) is 34.9 Å². The summed E-state index contributed by atoms with van der Waals surface area (Å²) in [5.74, 6) is 0.756. The first-order valence-electron chi connectivity index (χ1n) is 9.68. The van der Waals surface area contributed by atoms with Crippen LogP contribution >= 0.6 is 0 Å². The number of carbonyl (C=O) groups excluding carboxylic acids is 1. The minimum absolute atomic E-state index is 0.109. The summed E-state index contributed by atoms with van der Waals surface area (Å²) in [7, 11) is 0. The van der Waals surface area contributed by atoms with Gasteiger partial charge in [0.05, 0.1) is 6.04 Å². The van der Waals surface area contributed by atoms with Crippen LogP contribution in [0, 0.1) is 25.6 Å². The lowest BCUT2D eigenvalue weighted by atomic mass is 9.89. The number of rotatable bonds is 5. The van der Waals surface area contributed by atoms with E-state index in [9.17, 15) is 14.3 Å². The molecule has 1 N–H and O–H groups in total. The number of halogens is 1. The standard InChI is InChI=1S/C23H28FNO2/c1-15-12-20(13-16(2)22(15)26)23(27)17(3)25-10-8-19(9-11-25)14-18-4-6-21(24)7-5-18/h4-7,12-13,17,19,26H,8-11,14H2,1-3H3. The first-order valence-corrected chi connectivity index (χ1v) is 9.68. The van der Waals surface area contributed by atoms with E-state index in [1.165, 1.54) is 17.7 Å². The number of benzene rings is 2. The van der Waals surface area contributed by atoms with Crippen LogP contribution in [0.25, 0.3) is 0 Å². The molecule has 0 aliphatic carbocycles. The maximum atomic E-state index is 13.0. The Hall–Kier alpha value is -2.20. The Kier molecular flexibility index (Phi) is 5.95. The van der Waals surface area contributed by atoms with Crippen LogP contribution in [0.2, 0.25) is 0 Å². The Morgan fingerprint density at radius 1 is 1.15 bits per heavy atom. The average molecular weight is 369 g/mol. The van der Waals surface area contributed by atoms with E-state index in [2.05, 4.69) is 4.90 Å². The molecular weight excluding hydrogens is 341 g/mol. The molecule has 1 aliphatic rings. The maximum absolute atomic E-state index is 13.0. The van der Waals surface area contributed by atoms with Gasteiger partial charge in [-0.15, -0.1) is 0 Å². The number of hydrogen-bond donors (Lipinski definition) is 1. The molecule has 0 spiro atoms. The number of ketones is 1. The van der Waals surface area contributed by atoms with Crippen molar-refractivity contribution in [2.24, 2.45) is 5.92 Å². The molecule has 0 amide bonds. The molecule has 4 heteroatoms. The first kappa shape index (κ1) is 19.6. The van der Waals surface area contributed by atoms with Crippen molar-refractivity contribution in [3.63, 3.8) is 0 Å². The highest BCUT2D eigenvalue weighted by Crippen LogP contribution is 2.26. The molecule has 3 nitrogen and oxygen atoms in total. The minimum Gasteiger partial charge on any atom is -0.507 e. The number of phenolic OH excluding ortho intramolecular Hbond substituents is 1. The molecule has 2 aromatic carbocycles. The monoisotopic (exact) mass is 369 g/mol. The van der Waals surface area contributed by atoms with Gasteiger partial charge in [-0.3, -0.25) is 9.69 Å². The molecule has 1 unspecified atom stereocenters.